The summed E-state index contributed by atoms with van der Waals surface area (Å²) >= 11 is 0. The molecule has 0 radical (unpaired) electrons. The van der Waals surface area contributed by atoms with Gasteiger partial charge in [-0.05, 0) is 25.0 Å². The maximum Gasteiger partial charge on any atom is 0.0298 e. The summed E-state index contributed by atoms with van der Waals surface area (Å²) in [6.45, 7) is 5.39. The van der Waals surface area contributed by atoms with Crippen LogP contribution < -0.4 is 5.32 Å². The molecule has 0 fully saturated rings. The lowest BCUT2D eigenvalue weighted by atomic mass is 10.0. The molecule has 1 unspecified atom stereocenters. The average Bonchev–Trinajstić information content (AvgIpc) is 2.32. The molecule has 0 amide bonds. The Morgan fingerprint density at radius 3 is 3.09 bits per heavy atom. The van der Waals surface area contributed by atoms with Crippen LogP contribution in [0.5, 0.6) is 0 Å². The third kappa shape index (κ3) is 1.05. The highest BCUT2D eigenvalue weighted by atomic mass is 14.9. The van der Waals surface area contributed by atoms with Crippen molar-refractivity contribution in [1.82, 2.24) is 5.32 Å². The maximum atomic E-state index is 3.41. The number of rotatable bonds is 0. The van der Waals surface area contributed by atoms with Crippen LogP contribution in [0.15, 0.2) is 18.2 Å². The van der Waals surface area contributed by atoms with Crippen molar-refractivity contribution in [3.63, 3.8) is 0 Å². The van der Waals surface area contributed by atoms with E-state index < -0.39 is 0 Å². The molecule has 2 rings (SSSR count). The van der Waals surface area contributed by atoms with Crippen LogP contribution in [-0.4, -0.2) is 0 Å². The number of hydrogen-bond acceptors (Lipinski definition) is 1. The molecule has 1 aromatic rings. The zero-order chi connectivity index (χ0) is 7.84. The molecule has 0 spiro atoms. The van der Waals surface area contributed by atoms with Gasteiger partial charge >= 0.3 is 0 Å². The molecule has 0 saturated heterocycles. The minimum Gasteiger partial charge on any atom is -0.306 e. The normalized spacial score (nSPS) is 21.8. The van der Waals surface area contributed by atoms with E-state index in [1.54, 1.807) is 0 Å². The van der Waals surface area contributed by atoms with Crippen molar-refractivity contribution >= 4 is 0 Å². The minimum absolute atomic E-state index is 0.547. The van der Waals surface area contributed by atoms with Crippen molar-refractivity contribution in [1.29, 1.82) is 0 Å². The summed E-state index contributed by atoms with van der Waals surface area (Å²) in [6.07, 6.45) is 0. The topological polar surface area (TPSA) is 12.0 Å². The van der Waals surface area contributed by atoms with Gasteiger partial charge in [0.05, 0.1) is 0 Å². The second kappa shape index (κ2) is 2.35. The summed E-state index contributed by atoms with van der Waals surface area (Å²) in [7, 11) is 0. The van der Waals surface area contributed by atoms with Gasteiger partial charge in [0, 0.05) is 12.6 Å². The fourth-order valence-corrected chi connectivity index (χ4v) is 1.68. The molecular formula is C10H13N. The fourth-order valence-electron chi connectivity index (χ4n) is 1.68. The number of aryl methyl sites for hydroxylation is 1. The van der Waals surface area contributed by atoms with Crippen molar-refractivity contribution in [2.45, 2.75) is 26.4 Å². The van der Waals surface area contributed by atoms with E-state index in [4.69, 9.17) is 0 Å². The lowest BCUT2D eigenvalue weighted by Gasteiger charge is -2.03. The minimum atomic E-state index is 0.547. The van der Waals surface area contributed by atoms with Crippen LogP contribution >= 0.6 is 0 Å². The Bertz CT molecular complexity index is 278. The van der Waals surface area contributed by atoms with E-state index in [1.807, 2.05) is 0 Å². The Morgan fingerprint density at radius 1 is 1.45 bits per heavy atom. The molecule has 0 bridgehead atoms. The van der Waals surface area contributed by atoms with E-state index in [1.165, 1.54) is 16.7 Å². The Morgan fingerprint density at radius 2 is 2.27 bits per heavy atom. The summed E-state index contributed by atoms with van der Waals surface area (Å²) in [5.41, 5.74) is 4.30. The molecule has 11 heavy (non-hydrogen) atoms. The predicted molar refractivity (Wildman–Crippen MR) is 46.4 cm³/mol. The second-order valence-electron chi connectivity index (χ2n) is 3.30. The van der Waals surface area contributed by atoms with Gasteiger partial charge in [-0.1, -0.05) is 23.8 Å². The molecule has 1 aliphatic heterocycles. The van der Waals surface area contributed by atoms with E-state index in [0.717, 1.165) is 6.54 Å². The van der Waals surface area contributed by atoms with Gasteiger partial charge in [0.2, 0.25) is 0 Å². The van der Waals surface area contributed by atoms with Crippen molar-refractivity contribution in [3.05, 3.63) is 34.9 Å². The Balaban J connectivity index is 2.50. The summed E-state index contributed by atoms with van der Waals surface area (Å²) in [6, 6.07) is 7.23. The molecule has 1 atom stereocenters. The zero-order valence-electron chi connectivity index (χ0n) is 7.02. The summed E-state index contributed by atoms with van der Waals surface area (Å²) in [5, 5.41) is 3.41. The number of fused-ring (bicyclic) bond motifs is 1. The van der Waals surface area contributed by atoms with E-state index in [-0.39, 0.29) is 0 Å². The average molecular weight is 147 g/mol. The first-order valence-electron chi connectivity index (χ1n) is 4.10. The third-order valence-electron chi connectivity index (χ3n) is 2.36. The fraction of sp³-hybridized carbons (Fsp3) is 0.400. The first kappa shape index (κ1) is 6.86. The summed E-state index contributed by atoms with van der Waals surface area (Å²) < 4.78 is 0. The predicted octanol–water partition coefficient (Wildman–Crippen LogP) is 2.16. The molecule has 1 heterocycles. The standard InChI is InChI=1S/C10H13N/c1-7-3-4-10-8(2)11-6-9(10)5-7/h3-5,8,11H,6H2,1-2H3. The van der Waals surface area contributed by atoms with Gasteiger partial charge in [-0.3, -0.25) is 0 Å². The van der Waals surface area contributed by atoms with Gasteiger partial charge in [0.15, 0.2) is 0 Å². The van der Waals surface area contributed by atoms with E-state index >= 15 is 0 Å². The molecule has 1 heteroatoms. The first-order valence-corrected chi connectivity index (χ1v) is 4.10. The lowest BCUT2D eigenvalue weighted by molar-refractivity contribution is 0.633. The van der Waals surface area contributed by atoms with Crippen LogP contribution in [0.2, 0.25) is 0 Å². The summed E-state index contributed by atoms with van der Waals surface area (Å²) in [4.78, 5) is 0. The molecular weight excluding hydrogens is 134 g/mol. The van der Waals surface area contributed by atoms with Crippen LogP contribution in [0.3, 0.4) is 0 Å². The number of nitrogens with one attached hydrogen (secondary N) is 1. The molecule has 1 aliphatic rings. The van der Waals surface area contributed by atoms with Crippen molar-refractivity contribution in [3.8, 4) is 0 Å². The Kier molecular flexibility index (Phi) is 1.46. The van der Waals surface area contributed by atoms with Gasteiger partial charge in [-0.15, -0.1) is 0 Å². The van der Waals surface area contributed by atoms with Crippen LogP contribution in [0.1, 0.15) is 29.7 Å². The monoisotopic (exact) mass is 147 g/mol. The Hall–Kier alpha value is -0.820. The van der Waals surface area contributed by atoms with Crippen molar-refractivity contribution in [2.75, 3.05) is 0 Å². The van der Waals surface area contributed by atoms with E-state index in [2.05, 4.69) is 37.4 Å². The van der Waals surface area contributed by atoms with Crippen molar-refractivity contribution in [2.24, 2.45) is 0 Å². The molecule has 0 aromatic heterocycles. The quantitative estimate of drug-likeness (QED) is 0.593. The smallest absolute Gasteiger partial charge is 0.0298 e. The van der Waals surface area contributed by atoms with Crippen LogP contribution in [0.4, 0.5) is 0 Å². The van der Waals surface area contributed by atoms with Crippen molar-refractivity contribution < 1.29 is 0 Å². The lowest BCUT2D eigenvalue weighted by Crippen LogP contribution is -2.06. The zero-order valence-corrected chi connectivity index (χ0v) is 7.02. The Labute approximate surface area is 67.4 Å². The molecule has 1 aromatic carbocycles. The highest BCUT2D eigenvalue weighted by Crippen LogP contribution is 2.24. The van der Waals surface area contributed by atoms with Crippen LogP contribution in [0, 0.1) is 6.92 Å². The van der Waals surface area contributed by atoms with E-state index in [9.17, 15) is 0 Å². The van der Waals surface area contributed by atoms with Crippen LogP contribution in [0.25, 0.3) is 0 Å². The third-order valence-corrected chi connectivity index (χ3v) is 2.36. The van der Waals surface area contributed by atoms with E-state index in [0.29, 0.717) is 6.04 Å². The molecule has 1 N–H and O–H groups in total. The van der Waals surface area contributed by atoms with Gasteiger partial charge in [0.25, 0.3) is 0 Å². The highest BCUT2D eigenvalue weighted by Gasteiger charge is 2.16. The highest BCUT2D eigenvalue weighted by molar-refractivity contribution is 5.36. The number of benzene rings is 1. The molecule has 0 saturated carbocycles. The first-order chi connectivity index (χ1) is 5.27. The molecule has 58 valence electrons. The molecule has 1 nitrogen and oxygen atoms in total. The SMILES string of the molecule is Cc1ccc2c(c1)CNC2C. The van der Waals surface area contributed by atoms with Gasteiger partial charge < -0.3 is 5.32 Å². The molecule has 0 aliphatic carbocycles. The van der Waals surface area contributed by atoms with Gasteiger partial charge in [0.1, 0.15) is 0 Å². The van der Waals surface area contributed by atoms with Crippen LogP contribution in [-0.2, 0) is 6.54 Å². The largest absolute Gasteiger partial charge is 0.306 e. The second-order valence-corrected chi connectivity index (χ2v) is 3.30. The number of hydrogen-bond donors (Lipinski definition) is 1. The van der Waals surface area contributed by atoms with Gasteiger partial charge in [-0.2, -0.15) is 0 Å². The van der Waals surface area contributed by atoms with Gasteiger partial charge in [-0.25, -0.2) is 0 Å². The maximum absolute atomic E-state index is 3.41. The summed E-state index contributed by atoms with van der Waals surface area (Å²) in [5.74, 6) is 0.